The van der Waals surface area contributed by atoms with Crippen molar-refractivity contribution in [1.29, 1.82) is 0 Å². The topological polar surface area (TPSA) is 76.7 Å². The van der Waals surface area contributed by atoms with Crippen molar-refractivity contribution in [3.63, 3.8) is 0 Å². The van der Waals surface area contributed by atoms with Gasteiger partial charge in [-0.2, -0.15) is 0 Å². The number of nitrogens with two attached hydrogens (primary N) is 1. The number of carbonyl (C=O) groups is 1. The van der Waals surface area contributed by atoms with Crippen molar-refractivity contribution >= 4 is 29.0 Å². The van der Waals surface area contributed by atoms with E-state index >= 15 is 0 Å². The van der Waals surface area contributed by atoms with Crippen molar-refractivity contribution in [3.8, 4) is 0 Å². The number of anilines is 1. The molecule has 0 atom stereocenters. The number of amides is 1. The van der Waals surface area contributed by atoms with Crippen LogP contribution in [0.5, 0.6) is 0 Å². The van der Waals surface area contributed by atoms with Gasteiger partial charge >= 0.3 is 0 Å². The molecule has 1 amide bonds. The van der Waals surface area contributed by atoms with E-state index in [0.717, 1.165) is 16.8 Å². The number of benzene rings is 2. The van der Waals surface area contributed by atoms with E-state index in [0.29, 0.717) is 10.6 Å². The molecule has 3 N–H and O–H groups in total. The molecule has 0 aliphatic heterocycles. The molecule has 0 unspecified atom stereocenters. The van der Waals surface area contributed by atoms with E-state index in [4.69, 9.17) is 22.2 Å². The number of rotatable bonds is 5. The molecule has 0 aliphatic rings. The Hall–Kier alpha value is -2.53. The fourth-order valence-corrected chi connectivity index (χ4v) is 2.20. The summed E-state index contributed by atoms with van der Waals surface area (Å²) in [5.74, 6) is -0.122. The van der Waals surface area contributed by atoms with Gasteiger partial charge in [0, 0.05) is 16.3 Å². The maximum absolute atomic E-state index is 11.8. The van der Waals surface area contributed by atoms with Crippen LogP contribution in [0.2, 0.25) is 5.02 Å². The highest BCUT2D eigenvalue weighted by molar-refractivity contribution is 6.30. The lowest BCUT2D eigenvalue weighted by molar-refractivity contribution is -0.120. The molecular weight excluding hydrogens is 314 g/mol. The fraction of sp³-hybridized carbons (Fsp3) is 0.176. The number of nitrogens with one attached hydrogen (secondary N) is 1. The largest absolute Gasteiger partial charge is 0.384 e. The molecule has 0 radical (unpaired) electrons. The second-order valence-corrected chi connectivity index (χ2v) is 5.62. The molecule has 5 nitrogen and oxygen atoms in total. The van der Waals surface area contributed by atoms with Gasteiger partial charge in [0.15, 0.2) is 12.4 Å². The van der Waals surface area contributed by atoms with E-state index < -0.39 is 0 Å². The van der Waals surface area contributed by atoms with Gasteiger partial charge in [-0.25, -0.2) is 0 Å². The van der Waals surface area contributed by atoms with Crippen LogP contribution in [-0.2, 0) is 9.63 Å². The maximum Gasteiger partial charge on any atom is 0.265 e. The third kappa shape index (κ3) is 5.30. The van der Waals surface area contributed by atoms with Crippen LogP contribution in [0.15, 0.2) is 47.6 Å². The molecular formula is C17H18ClN3O2. The predicted molar refractivity (Wildman–Crippen MR) is 92.7 cm³/mol. The monoisotopic (exact) mass is 331 g/mol. The van der Waals surface area contributed by atoms with Gasteiger partial charge in [0.2, 0.25) is 0 Å². The van der Waals surface area contributed by atoms with Gasteiger partial charge < -0.3 is 15.9 Å². The van der Waals surface area contributed by atoms with Crippen LogP contribution < -0.4 is 11.1 Å². The number of carbonyl (C=O) groups excluding carboxylic acids is 1. The molecule has 23 heavy (non-hydrogen) atoms. The molecule has 6 heteroatoms. The minimum atomic E-state index is -0.303. The quantitative estimate of drug-likeness (QED) is 0.501. The van der Waals surface area contributed by atoms with Crippen molar-refractivity contribution in [2.75, 3.05) is 11.9 Å². The van der Waals surface area contributed by atoms with Crippen LogP contribution in [0, 0.1) is 13.8 Å². The lowest BCUT2D eigenvalue weighted by Crippen LogP contribution is -2.19. The summed E-state index contributed by atoms with van der Waals surface area (Å²) >= 11 is 5.80. The molecule has 2 aromatic rings. The summed E-state index contributed by atoms with van der Waals surface area (Å²) < 4.78 is 0. The highest BCUT2D eigenvalue weighted by atomic mass is 35.5. The van der Waals surface area contributed by atoms with E-state index in [1.54, 1.807) is 24.3 Å². The first kappa shape index (κ1) is 16.8. The Bertz CT molecular complexity index is 707. The summed E-state index contributed by atoms with van der Waals surface area (Å²) in [6, 6.07) is 12.6. The van der Waals surface area contributed by atoms with Gasteiger partial charge in [0.1, 0.15) is 0 Å². The second kappa shape index (κ2) is 7.65. The first-order valence-corrected chi connectivity index (χ1v) is 7.41. The Labute approximate surface area is 140 Å². The Morgan fingerprint density at radius 1 is 1.17 bits per heavy atom. The van der Waals surface area contributed by atoms with Gasteiger partial charge in [0.25, 0.3) is 5.91 Å². The van der Waals surface area contributed by atoms with E-state index in [-0.39, 0.29) is 18.3 Å². The highest BCUT2D eigenvalue weighted by Gasteiger charge is 2.05. The molecule has 0 aromatic heterocycles. The molecule has 0 heterocycles. The summed E-state index contributed by atoms with van der Waals surface area (Å²) in [5, 5.41) is 7.09. The van der Waals surface area contributed by atoms with Crippen LogP contribution in [0.1, 0.15) is 16.7 Å². The Morgan fingerprint density at radius 2 is 1.78 bits per heavy atom. The molecule has 2 aromatic carbocycles. The molecule has 0 fully saturated rings. The minimum Gasteiger partial charge on any atom is -0.384 e. The first-order chi connectivity index (χ1) is 10.9. The van der Waals surface area contributed by atoms with E-state index in [1.807, 2.05) is 32.0 Å². The number of aryl methyl sites for hydroxylation is 2. The van der Waals surface area contributed by atoms with Crippen molar-refractivity contribution in [3.05, 3.63) is 64.2 Å². The van der Waals surface area contributed by atoms with Gasteiger partial charge in [-0.1, -0.05) is 22.8 Å². The Morgan fingerprint density at radius 3 is 2.39 bits per heavy atom. The van der Waals surface area contributed by atoms with Gasteiger partial charge in [-0.3, -0.25) is 4.79 Å². The lowest BCUT2D eigenvalue weighted by Gasteiger charge is -2.07. The lowest BCUT2D eigenvalue weighted by atomic mass is 10.1. The Kier molecular flexibility index (Phi) is 5.60. The van der Waals surface area contributed by atoms with Gasteiger partial charge in [-0.15, -0.1) is 0 Å². The molecule has 0 spiro atoms. The van der Waals surface area contributed by atoms with Gasteiger partial charge in [-0.05, 0) is 61.4 Å². The highest BCUT2D eigenvalue weighted by Crippen LogP contribution is 2.13. The number of amidine groups is 1. The standard InChI is InChI=1S/C17H18ClN3O2/c1-11-7-12(2)9-15(8-11)20-16(22)10-23-21-17(19)13-3-5-14(18)6-4-13/h3-9H,10H2,1-2H3,(H2,19,21)(H,20,22). The average Bonchev–Trinajstić information content (AvgIpc) is 2.46. The number of hydrogen-bond acceptors (Lipinski definition) is 3. The van der Waals surface area contributed by atoms with E-state index in [1.165, 1.54) is 0 Å². The Balaban J connectivity index is 1.88. The smallest absolute Gasteiger partial charge is 0.265 e. The summed E-state index contributed by atoms with van der Waals surface area (Å²) in [6.07, 6.45) is 0. The van der Waals surface area contributed by atoms with Crippen LogP contribution >= 0.6 is 11.6 Å². The number of oxime groups is 1. The van der Waals surface area contributed by atoms with Crippen molar-refractivity contribution in [1.82, 2.24) is 0 Å². The molecule has 0 aliphatic carbocycles. The average molecular weight is 332 g/mol. The van der Waals surface area contributed by atoms with Crippen molar-refractivity contribution < 1.29 is 9.63 Å². The number of nitrogens with zero attached hydrogens (tertiary/aromatic N) is 1. The number of hydrogen-bond donors (Lipinski definition) is 2. The molecule has 2 rings (SSSR count). The fourth-order valence-electron chi connectivity index (χ4n) is 2.08. The zero-order valence-electron chi connectivity index (χ0n) is 13.0. The van der Waals surface area contributed by atoms with E-state index in [2.05, 4.69) is 10.5 Å². The van der Waals surface area contributed by atoms with Crippen LogP contribution in [0.25, 0.3) is 0 Å². The molecule has 0 saturated carbocycles. The summed E-state index contributed by atoms with van der Waals surface area (Å²) in [4.78, 5) is 16.8. The zero-order valence-corrected chi connectivity index (χ0v) is 13.7. The number of halogens is 1. The second-order valence-electron chi connectivity index (χ2n) is 5.18. The van der Waals surface area contributed by atoms with Crippen molar-refractivity contribution in [2.45, 2.75) is 13.8 Å². The SMILES string of the molecule is Cc1cc(C)cc(NC(=O)CO/N=C(/N)c2ccc(Cl)cc2)c1. The maximum atomic E-state index is 11.8. The van der Waals surface area contributed by atoms with Crippen LogP contribution in [0.4, 0.5) is 5.69 Å². The molecule has 0 saturated heterocycles. The van der Waals surface area contributed by atoms with Crippen LogP contribution in [-0.4, -0.2) is 18.3 Å². The molecule has 120 valence electrons. The summed E-state index contributed by atoms with van der Waals surface area (Å²) in [6.45, 7) is 3.72. The third-order valence-corrected chi connectivity index (χ3v) is 3.26. The normalized spacial score (nSPS) is 11.2. The predicted octanol–water partition coefficient (Wildman–Crippen LogP) is 3.23. The minimum absolute atomic E-state index is 0.181. The summed E-state index contributed by atoms with van der Waals surface area (Å²) in [7, 11) is 0. The van der Waals surface area contributed by atoms with Crippen LogP contribution in [0.3, 0.4) is 0 Å². The molecule has 0 bridgehead atoms. The zero-order chi connectivity index (χ0) is 16.8. The first-order valence-electron chi connectivity index (χ1n) is 7.03. The third-order valence-electron chi connectivity index (χ3n) is 3.00. The van der Waals surface area contributed by atoms with Crippen molar-refractivity contribution in [2.24, 2.45) is 10.9 Å². The van der Waals surface area contributed by atoms with Gasteiger partial charge in [0.05, 0.1) is 0 Å². The van der Waals surface area contributed by atoms with E-state index in [9.17, 15) is 4.79 Å². The summed E-state index contributed by atoms with van der Waals surface area (Å²) in [5.41, 5.74) is 9.32.